The molecule has 0 radical (unpaired) electrons. The standard InChI is InChI=1S/C25H21NO3/c27-21(16-15-19-9-3-1-4-10-19)17-25(29)22-13-7-8-14-23(22)26(24(25)28)18-20-11-5-2-6-12-20/h1-16,29H,17-18H2/b16-15+/t25-/m1/s1. The van der Waals surface area contributed by atoms with Gasteiger partial charge < -0.3 is 10.0 Å². The molecule has 1 heterocycles. The van der Waals surface area contributed by atoms with E-state index in [1.54, 1.807) is 29.2 Å². The number of para-hydroxylation sites is 1. The molecule has 29 heavy (non-hydrogen) atoms. The number of ketones is 1. The first-order valence-corrected chi connectivity index (χ1v) is 9.52. The molecule has 4 heteroatoms. The molecule has 0 spiro atoms. The van der Waals surface area contributed by atoms with Crippen LogP contribution in [0.25, 0.3) is 6.08 Å². The Balaban J connectivity index is 1.60. The van der Waals surface area contributed by atoms with E-state index in [4.69, 9.17) is 0 Å². The fourth-order valence-electron chi connectivity index (χ4n) is 3.66. The summed E-state index contributed by atoms with van der Waals surface area (Å²) in [6, 6.07) is 26.2. The third-order valence-electron chi connectivity index (χ3n) is 5.11. The zero-order valence-corrected chi connectivity index (χ0v) is 15.9. The third-order valence-corrected chi connectivity index (χ3v) is 5.11. The maximum atomic E-state index is 13.2. The Morgan fingerprint density at radius 3 is 2.24 bits per heavy atom. The van der Waals surface area contributed by atoms with Gasteiger partial charge in [0.1, 0.15) is 0 Å². The molecular weight excluding hydrogens is 362 g/mol. The van der Waals surface area contributed by atoms with E-state index in [1.165, 1.54) is 6.08 Å². The van der Waals surface area contributed by atoms with Crippen molar-refractivity contribution < 1.29 is 14.7 Å². The predicted octanol–water partition coefficient (Wildman–Crippen LogP) is 4.09. The molecule has 4 nitrogen and oxygen atoms in total. The summed E-state index contributed by atoms with van der Waals surface area (Å²) in [7, 11) is 0. The smallest absolute Gasteiger partial charge is 0.264 e. The van der Waals surface area contributed by atoms with Crippen LogP contribution < -0.4 is 4.90 Å². The number of anilines is 1. The normalized spacial score (nSPS) is 18.2. The minimum absolute atomic E-state index is 0.294. The highest BCUT2D eigenvalue weighted by atomic mass is 16.3. The summed E-state index contributed by atoms with van der Waals surface area (Å²) in [4.78, 5) is 27.3. The zero-order chi connectivity index (χ0) is 20.3. The lowest BCUT2D eigenvalue weighted by Crippen LogP contribution is -2.41. The monoisotopic (exact) mass is 383 g/mol. The zero-order valence-electron chi connectivity index (χ0n) is 15.9. The predicted molar refractivity (Wildman–Crippen MR) is 113 cm³/mol. The Morgan fingerprint density at radius 1 is 0.897 bits per heavy atom. The van der Waals surface area contributed by atoms with Gasteiger partial charge in [-0.25, -0.2) is 0 Å². The molecular formula is C25H21NO3. The Labute approximate surface area is 169 Å². The summed E-state index contributed by atoms with van der Waals surface area (Å²) in [6.07, 6.45) is 2.82. The highest BCUT2D eigenvalue weighted by Gasteiger charge is 2.50. The SMILES string of the molecule is O=C(/C=C/c1ccccc1)C[C@]1(O)C(=O)N(Cc2ccccc2)c2ccccc21. The fraction of sp³-hybridized carbons (Fsp3) is 0.120. The maximum absolute atomic E-state index is 13.2. The number of carbonyl (C=O) groups is 2. The van der Waals surface area contributed by atoms with Gasteiger partial charge in [-0.1, -0.05) is 84.9 Å². The number of hydrogen-bond acceptors (Lipinski definition) is 3. The number of hydrogen-bond donors (Lipinski definition) is 1. The van der Waals surface area contributed by atoms with Crippen LogP contribution in [0.15, 0.2) is 91.0 Å². The number of aliphatic hydroxyl groups is 1. The van der Waals surface area contributed by atoms with Gasteiger partial charge in [-0.3, -0.25) is 9.59 Å². The Hall–Kier alpha value is -3.50. The summed E-state index contributed by atoms with van der Waals surface area (Å²) in [5.41, 5.74) is 1.10. The molecule has 1 aliphatic rings. The molecule has 144 valence electrons. The Kier molecular flexibility index (Phi) is 5.10. The van der Waals surface area contributed by atoms with Gasteiger partial charge in [0.15, 0.2) is 11.4 Å². The molecule has 3 aromatic carbocycles. The van der Waals surface area contributed by atoms with Gasteiger partial charge in [-0.05, 0) is 23.3 Å². The number of nitrogens with zero attached hydrogens (tertiary/aromatic N) is 1. The minimum atomic E-state index is -1.86. The van der Waals surface area contributed by atoms with Crippen molar-refractivity contribution in [2.75, 3.05) is 4.90 Å². The van der Waals surface area contributed by atoms with Gasteiger partial charge in [0.25, 0.3) is 5.91 Å². The van der Waals surface area contributed by atoms with Crippen molar-refractivity contribution in [1.82, 2.24) is 0 Å². The second-order valence-electron chi connectivity index (χ2n) is 7.14. The molecule has 0 aromatic heterocycles. The van der Waals surface area contributed by atoms with Crippen molar-refractivity contribution in [2.45, 2.75) is 18.6 Å². The number of fused-ring (bicyclic) bond motifs is 1. The van der Waals surface area contributed by atoms with Gasteiger partial charge in [0.05, 0.1) is 18.7 Å². The van der Waals surface area contributed by atoms with E-state index in [0.717, 1.165) is 11.1 Å². The molecule has 1 amide bonds. The first kappa shape index (κ1) is 18.8. The second kappa shape index (κ2) is 7.86. The van der Waals surface area contributed by atoms with Crippen LogP contribution in [0.4, 0.5) is 5.69 Å². The van der Waals surface area contributed by atoms with Crippen LogP contribution in [0.3, 0.4) is 0 Å². The highest BCUT2D eigenvalue weighted by Crippen LogP contribution is 2.43. The van der Waals surface area contributed by atoms with Gasteiger partial charge in [0, 0.05) is 5.56 Å². The molecule has 1 atom stereocenters. The molecule has 0 aliphatic carbocycles. The maximum Gasteiger partial charge on any atom is 0.264 e. The van der Waals surface area contributed by atoms with E-state index >= 15 is 0 Å². The topological polar surface area (TPSA) is 57.6 Å². The fourth-order valence-corrected chi connectivity index (χ4v) is 3.66. The second-order valence-corrected chi connectivity index (χ2v) is 7.14. The van der Waals surface area contributed by atoms with Gasteiger partial charge in [-0.15, -0.1) is 0 Å². The first-order valence-electron chi connectivity index (χ1n) is 9.52. The van der Waals surface area contributed by atoms with Crippen LogP contribution in [0.2, 0.25) is 0 Å². The molecule has 3 aromatic rings. The molecule has 0 unspecified atom stereocenters. The van der Waals surface area contributed by atoms with Crippen molar-refractivity contribution in [3.8, 4) is 0 Å². The third kappa shape index (κ3) is 3.75. The van der Waals surface area contributed by atoms with Gasteiger partial charge >= 0.3 is 0 Å². The van der Waals surface area contributed by atoms with Crippen LogP contribution in [0, 0.1) is 0 Å². The number of amides is 1. The average Bonchev–Trinajstić information content (AvgIpc) is 2.96. The summed E-state index contributed by atoms with van der Waals surface area (Å²) < 4.78 is 0. The lowest BCUT2D eigenvalue weighted by Gasteiger charge is -2.22. The van der Waals surface area contributed by atoms with Gasteiger partial charge in [0.2, 0.25) is 0 Å². The van der Waals surface area contributed by atoms with E-state index in [0.29, 0.717) is 17.8 Å². The number of carbonyl (C=O) groups excluding carboxylic acids is 2. The van der Waals surface area contributed by atoms with E-state index in [9.17, 15) is 14.7 Å². The number of allylic oxidation sites excluding steroid dienone is 1. The van der Waals surface area contributed by atoms with E-state index in [2.05, 4.69) is 0 Å². The Morgan fingerprint density at radius 2 is 1.52 bits per heavy atom. The molecule has 0 bridgehead atoms. The lowest BCUT2D eigenvalue weighted by molar-refractivity contribution is -0.140. The van der Waals surface area contributed by atoms with Crippen LogP contribution >= 0.6 is 0 Å². The number of rotatable bonds is 6. The quantitative estimate of drug-likeness (QED) is 0.652. The molecule has 0 saturated carbocycles. The summed E-state index contributed by atoms with van der Waals surface area (Å²) >= 11 is 0. The summed E-state index contributed by atoms with van der Waals surface area (Å²) in [6.45, 7) is 0.340. The van der Waals surface area contributed by atoms with E-state index in [1.807, 2.05) is 66.7 Å². The first-order chi connectivity index (χ1) is 14.1. The Bertz CT molecular complexity index is 1060. The number of benzene rings is 3. The van der Waals surface area contributed by atoms with E-state index < -0.39 is 11.5 Å². The summed E-state index contributed by atoms with van der Waals surface area (Å²) in [5.74, 6) is -0.773. The van der Waals surface area contributed by atoms with Crippen LogP contribution in [-0.2, 0) is 21.7 Å². The molecule has 1 N–H and O–H groups in total. The van der Waals surface area contributed by atoms with Crippen molar-refractivity contribution in [1.29, 1.82) is 0 Å². The lowest BCUT2D eigenvalue weighted by atomic mass is 9.89. The van der Waals surface area contributed by atoms with Crippen molar-refractivity contribution >= 4 is 23.5 Å². The minimum Gasteiger partial charge on any atom is -0.375 e. The average molecular weight is 383 g/mol. The van der Waals surface area contributed by atoms with Crippen molar-refractivity contribution in [3.63, 3.8) is 0 Å². The van der Waals surface area contributed by atoms with Crippen LogP contribution in [0.1, 0.15) is 23.1 Å². The molecule has 0 fully saturated rings. The summed E-state index contributed by atoms with van der Waals surface area (Å²) in [5, 5.41) is 11.3. The van der Waals surface area contributed by atoms with Crippen LogP contribution in [0.5, 0.6) is 0 Å². The van der Waals surface area contributed by atoms with E-state index in [-0.39, 0.29) is 12.2 Å². The molecule has 1 aliphatic heterocycles. The molecule has 4 rings (SSSR count). The highest BCUT2D eigenvalue weighted by molar-refractivity contribution is 6.10. The molecule has 0 saturated heterocycles. The largest absolute Gasteiger partial charge is 0.375 e. The van der Waals surface area contributed by atoms with Crippen molar-refractivity contribution in [3.05, 3.63) is 108 Å². The van der Waals surface area contributed by atoms with Crippen molar-refractivity contribution in [2.24, 2.45) is 0 Å². The van der Waals surface area contributed by atoms with Crippen LogP contribution in [-0.4, -0.2) is 16.8 Å². The van der Waals surface area contributed by atoms with Gasteiger partial charge in [-0.2, -0.15) is 0 Å².